The Balaban J connectivity index is 1.68. The largest absolute Gasteiger partial charge is 0.481 e. The maximum absolute atomic E-state index is 12.4. The first-order chi connectivity index (χ1) is 10.1. The lowest BCUT2D eigenvalue weighted by molar-refractivity contribution is -0.143. The topological polar surface area (TPSA) is 70.5 Å². The second kappa shape index (κ2) is 5.95. The van der Waals surface area contributed by atoms with E-state index in [0.717, 1.165) is 10.6 Å². The molecule has 110 valence electrons. The van der Waals surface area contributed by atoms with Crippen LogP contribution in [0.3, 0.4) is 0 Å². The fourth-order valence-electron chi connectivity index (χ4n) is 2.38. The van der Waals surface area contributed by atoms with Gasteiger partial charge in [0.2, 0.25) is 0 Å². The second-order valence-electron chi connectivity index (χ2n) is 4.95. The summed E-state index contributed by atoms with van der Waals surface area (Å²) in [6.45, 7) is 0.974. The Labute approximate surface area is 129 Å². The van der Waals surface area contributed by atoms with Crippen molar-refractivity contribution < 1.29 is 14.7 Å². The number of thiazole rings is 1. The van der Waals surface area contributed by atoms with Crippen LogP contribution in [0.1, 0.15) is 23.3 Å². The molecule has 1 aliphatic rings. The van der Waals surface area contributed by atoms with Crippen molar-refractivity contribution >= 4 is 34.6 Å². The molecule has 21 heavy (non-hydrogen) atoms. The van der Waals surface area contributed by atoms with Gasteiger partial charge in [0, 0.05) is 29.4 Å². The number of carboxylic acids is 1. The van der Waals surface area contributed by atoms with Crippen LogP contribution in [0.2, 0.25) is 0 Å². The first-order valence-corrected chi connectivity index (χ1v) is 8.47. The Morgan fingerprint density at radius 3 is 2.67 bits per heavy atom. The summed E-state index contributed by atoms with van der Waals surface area (Å²) < 4.78 is 0. The monoisotopic (exact) mass is 322 g/mol. The van der Waals surface area contributed by atoms with Crippen molar-refractivity contribution in [3.8, 4) is 10.6 Å². The van der Waals surface area contributed by atoms with Gasteiger partial charge in [-0.25, -0.2) is 4.98 Å². The first-order valence-electron chi connectivity index (χ1n) is 6.65. The van der Waals surface area contributed by atoms with E-state index in [4.69, 9.17) is 5.11 Å². The van der Waals surface area contributed by atoms with E-state index >= 15 is 0 Å². The summed E-state index contributed by atoms with van der Waals surface area (Å²) in [5, 5.41) is 15.6. The van der Waals surface area contributed by atoms with Crippen LogP contribution in [0.5, 0.6) is 0 Å². The second-order valence-corrected chi connectivity index (χ2v) is 6.59. The van der Waals surface area contributed by atoms with Gasteiger partial charge in [-0.1, -0.05) is 0 Å². The molecule has 0 atom stereocenters. The van der Waals surface area contributed by atoms with E-state index in [1.165, 1.54) is 11.3 Å². The van der Waals surface area contributed by atoms with Gasteiger partial charge in [-0.3, -0.25) is 9.59 Å². The number of likely N-dealkylation sites (tertiary alicyclic amines) is 1. The van der Waals surface area contributed by atoms with Crippen LogP contribution in [0.15, 0.2) is 22.2 Å². The molecule has 3 rings (SSSR count). The quantitative estimate of drug-likeness (QED) is 0.943. The SMILES string of the molecule is O=C(O)C1CCN(C(=O)c2csc(-c3ccsc3)n2)CC1. The zero-order chi connectivity index (χ0) is 14.8. The Bertz CT molecular complexity index is 643. The highest BCUT2D eigenvalue weighted by Gasteiger charge is 2.28. The Morgan fingerprint density at radius 2 is 2.05 bits per heavy atom. The van der Waals surface area contributed by atoms with E-state index in [-0.39, 0.29) is 11.8 Å². The normalized spacial score (nSPS) is 16.1. The van der Waals surface area contributed by atoms with E-state index in [1.54, 1.807) is 21.6 Å². The van der Waals surface area contributed by atoms with Crippen molar-refractivity contribution in [3.63, 3.8) is 0 Å². The number of carboxylic acid groups (broad SMARTS) is 1. The fourth-order valence-corrected chi connectivity index (χ4v) is 3.89. The smallest absolute Gasteiger partial charge is 0.306 e. The summed E-state index contributed by atoms with van der Waals surface area (Å²) >= 11 is 3.06. The van der Waals surface area contributed by atoms with Gasteiger partial charge in [0.05, 0.1) is 5.92 Å². The Morgan fingerprint density at radius 1 is 1.29 bits per heavy atom. The van der Waals surface area contributed by atoms with Gasteiger partial charge >= 0.3 is 5.97 Å². The first kappa shape index (κ1) is 14.2. The molecule has 7 heteroatoms. The van der Waals surface area contributed by atoms with Crippen LogP contribution in [0.25, 0.3) is 10.6 Å². The Kier molecular flexibility index (Phi) is 4.03. The number of carbonyl (C=O) groups excluding carboxylic acids is 1. The van der Waals surface area contributed by atoms with Crippen molar-refractivity contribution in [2.24, 2.45) is 5.92 Å². The molecule has 1 fully saturated rings. The number of aromatic nitrogens is 1. The number of rotatable bonds is 3. The molecule has 0 saturated carbocycles. The van der Waals surface area contributed by atoms with Gasteiger partial charge in [0.1, 0.15) is 10.7 Å². The number of piperidine rings is 1. The predicted octanol–water partition coefficient (Wildman–Crippen LogP) is 2.81. The fraction of sp³-hybridized carbons (Fsp3) is 0.357. The van der Waals surface area contributed by atoms with Crippen molar-refractivity contribution in [1.29, 1.82) is 0 Å². The molecule has 0 bridgehead atoms. The van der Waals surface area contributed by atoms with Crippen molar-refractivity contribution in [1.82, 2.24) is 9.88 Å². The highest BCUT2D eigenvalue weighted by atomic mass is 32.1. The average molecular weight is 322 g/mol. The molecular formula is C14H14N2O3S2. The lowest BCUT2D eigenvalue weighted by Crippen LogP contribution is -2.40. The molecule has 0 aromatic carbocycles. The number of nitrogens with zero attached hydrogens (tertiary/aromatic N) is 2. The van der Waals surface area contributed by atoms with Crippen molar-refractivity contribution in [3.05, 3.63) is 27.9 Å². The molecule has 3 heterocycles. The molecule has 1 aliphatic heterocycles. The summed E-state index contributed by atoms with van der Waals surface area (Å²) in [7, 11) is 0. The summed E-state index contributed by atoms with van der Waals surface area (Å²) in [6.07, 6.45) is 1.03. The average Bonchev–Trinajstić information content (AvgIpc) is 3.17. The lowest BCUT2D eigenvalue weighted by Gasteiger charge is -2.29. The van der Waals surface area contributed by atoms with Gasteiger partial charge in [-0.15, -0.1) is 11.3 Å². The van der Waals surface area contributed by atoms with Gasteiger partial charge in [0.15, 0.2) is 0 Å². The Hall–Kier alpha value is -1.73. The minimum atomic E-state index is -0.768. The minimum Gasteiger partial charge on any atom is -0.481 e. The van der Waals surface area contributed by atoms with Gasteiger partial charge in [-0.05, 0) is 24.3 Å². The highest BCUT2D eigenvalue weighted by Crippen LogP contribution is 2.27. The van der Waals surface area contributed by atoms with E-state index in [9.17, 15) is 9.59 Å². The zero-order valence-corrected chi connectivity index (χ0v) is 12.8. The number of carbonyl (C=O) groups is 2. The van der Waals surface area contributed by atoms with E-state index in [1.807, 2.05) is 16.8 Å². The van der Waals surface area contributed by atoms with Crippen molar-refractivity contribution in [2.75, 3.05) is 13.1 Å². The number of aliphatic carboxylic acids is 1. The van der Waals surface area contributed by atoms with Gasteiger partial charge in [-0.2, -0.15) is 11.3 Å². The third kappa shape index (κ3) is 2.98. The van der Waals surface area contributed by atoms with Crippen LogP contribution >= 0.6 is 22.7 Å². The van der Waals surface area contributed by atoms with Crippen LogP contribution in [-0.2, 0) is 4.79 Å². The van der Waals surface area contributed by atoms with Crippen LogP contribution in [-0.4, -0.2) is 40.0 Å². The zero-order valence-electron chi connectivity index (χ0n) is 11.2. The predicted molar refractivity (Wildman–Crippen MR) is 81.7 cm³/mol. The maximum Gasteiger partial charge on any atom is 0.306 e. The van der Waals surface area contributed by atoms with Crippen LogP contribution < -0.4 is 0 Å². The van der Waals surface area contributed by atoms with Gasteiger partial charge < -0.3 is 10.0 Å². The number of hydrogen-bond donors (Lipinski definition) is 1. The number of hydrogen-bond acceptors (Lipinski definition) is 5. The lowest BCUT2D eigenvalue weighted by atomic mass is 9.97. The molecule has 0 unspecified atom stereocenters. The molecule has 0 spiro atoms. The van der Waals surface area contributed by atoms with Crippen LogP contribution in [0.4, 0.5) is 0 Å². The molecule has 0 aliphatic carbocycles. The van der Waals surface area contributed by atoms with Crippen LogP contribution in [0, 0.1) is 5.92 Å². The van der Waals surface area contributed by atoms with E-state index in [0.29, 0.717) is 31.6 Å². The molecule has 1 N–H and O–H groups in total. The third-order valence-corrected chi connectivity index (χ3v) is 5.20. The molecule has 5 nitrogen and oxygen atoms in total. The molecule has 2 aromatic heterocycles. The molecule has 0 radical (unpaired) electrons. The minimum absolute atomic E-state index is 0.100. The molecular weight excluding hydrogens is 308 g/mol. The van der Waals surface area contributed by atoms with E-state index in [2.05, 4.69) is 4.98 Å². The highest BCUT2D eigenvalue weighted by molar-refractivity contribution is 7.14. The molecule has 1 saturated heterocycles. The summed E-state index contributed by atoms with van der Waals surface area (Å²) in [5.41, 5.74) is 1.49. The molecule has 2 aromatic rings. The summed E-state index contributed by atoms with van der Waals surface area (Å²) in [6, 6.07) is 1.98. The number of amides is 1. The molecule has 1 amide bonds. The van der Waals surface area contributed by atoms with E-state index < -0.39 is 5.97 Å². The summed E-state index contributed by atoms with van der Waals surface area (Å²) in [4.78, 5) is 29.4. The van der Waals surface area contributed by atoms with Crippen molar-refractivity contribution in [2.45, 2.75) is 12.8 Å². The standard InChI is InChI=1S/C14H14N2O3S2/c17-13(16-4-1-9(2-5-16)14(18)19)11-8-21-12(15-11)10-3-6-20-7-10/h3,6-9H,1-2,4-5H2,(H,18,19). The third-order valence-electron chi connectivity index (χ3n) is 3.62. The summed E-state index contributed by atoms with van der Waals surface area (Å²) in [5.74, 6) is -1.20. The number of thiophene rings is 1. The maximum atomic E-state index is 12.4. The van der Waals surface area contributed by atoms with Gasteiger partial charge in [0.25, 0.3) is 5.91 Å².